The van der Waals surface area contributed by atoms with Crippen LogP contribution in [0.2, 0.25) is 0 Å². The number of anilines is 1. The Morgan fingerprint density at radius 2 is 1.92 bits per heavy atom. The Balaban J connectivity index is 1.55. The summed E-state index contributed by atoms with van der Waals surface area (Å²) >= 11 is 2.79. The molecule has 0 unspecified atom stereocenters. The SMILES string of the molecule is Cc1ccc(-c2csc(NC(=O)CNC(=O)c3ccsc3)n2)cc1. The van der Waals surface area contributed by atoms with Crippen molar-refractivity contribution in [3.63, 3.8) is 0 Å². The molecule has 122 valence electrons. The highest BCUT2D eigenvalue weighted by Crippen LogP contribution is 2.24. The summed E-state index contributed by atoms with van der Waals surface area (Å²) in [6.07, 6.45) is 0. The van der Waals surface area contributed by atoms with Gasteiger partial charge in [0.05, 0.1) is 12.2 Å². The van der Waals surface area contributed by atoms with Crippen LogP contribution in [-0.4, -0.2) is 23.3 Å². The molecule has 0 fully saturated rings. The van der Waals surface area contributed by atoms with Crippen molar-refractivity contribution in [3.8, 4) is 11.3 Å². The van der Waals surface area contributed by atoms with E-state index >= 15 is 0 Å². The topological polar surface area (TPSA) is 71.1 Å². The van der Waals surface area contributed by atoms with Gasteiger partial charge in [0.1, 0.15) is 0 Å². The zero-order valence-corrected chi connectivity index (χ0v) is 14.5. The van der Waals surface area contributed by atoms with Crippen LogP contribution in [-0.2, 0) is 4.79 Å². The fraction of sp³-hybridized carbons (Fsp3) is 0.118. The Kier molecular flexibility index (Phi) is 5.02. The molecule has 3 aromatic rings. The van der Waals surface area contributed by atoms with Crippen LogP contribution in [0.4, 0.5) is 5.13 Å². The summed E-state index contributed by atoms with van der Waals surface area (Å²) in [6.45, 7) is 1.94. The Bertz CT molecular complexity index is 839. The number of thiophene rings is 1. The third-order valence-electron chi connectivity index (χ3n) is 3.29. The van der Waals surface area contributed by atoms with Crippen LogP contribution in [0.15, 0.2) is 46.5 Å². The predicted molar refractivity (Wildman–Crippen MR) is 97.6 cm³/mol. The van der Waals surface area contributed by atoms with Crippen LogP contribution in [0.1, 0.15) is 15.9 Å². The molecule has 0 saturated heterocycles. The molecule has 0 aliphatic rings. The number of benzene rings is 1. The number of rotatable bonds is 5. The normalized spacial score (nSPS) is 10.4. The minimum absolute atomic E-state index is 0.0892. The van der Waals surface area contributed by atoms with Gasteiger partial charge in [-0.3, -0.25) is 9.59 Å². The van der Waals surface area contributed by atoms with Gasteiger partial charge in [-0.15, -0.1) is 11.3 Å². The second kappa shape index (κ2) is 7.37. The molecule has 7 heteroatoms. The van der Waals surface area contributed by atoms with Crippen molar-refractivity contribution < 1.29 is 9.59 Å². The second-order valence-corrected chi connectivity index (χ2v) is 6.78. The highest BCUT2D eigenvalue weighted by Gasteiger charge is 2.10. The largest absolute Gasteiger partial charge is 0.343 e. The molecule has 0 radical (unpaired) electrons. The maximum atomic E-state index is 11.9. The standard InChI is InChI=1S/C17H15N3O2S2/c1-11-2-4-12(5-3-11)14-10-24-17(19-14)20-15(21)8-18-16(22)13-6-7-23-9-13/h2-7,9-10H,8H2,1H3,(H,18,22)(H,19,20,21). The van der Waals surface area contributed by atoms with Crippen molar-refractivity contribution in [2.24, 2.45) is 0 Å². The second-order valence-electron chi connectivity index (χ2n) is 5.15. The maximum Gasteiger partial charge on any atom is 0.252 e. The Morgan fingerprint density at radius 1 is 1.12 bits per heavy atom. The number of aromatic nitrogens is 1. The number of amides is 2. The van der Waals surface area contributed by atoms with Crippen molar-refractivity contribution in [1.29, 1.82) is 0 Å². The van der Waals surface area contributed by atoms with Crippen molar-refractivity contribution >= 4 is 39.6 Å². The number of carbonyl (C=O) groups is 2. The van der Waals surface area contributed by atoms with E-state index in [4.69, 9.17) is 0 Å². The van der Waals surface area contributed by atoms with Crippen molar-refractivity contribution in [3.05, 3.63) is 57.6 Å². The monoisotopic (exact) mass is 357 g/mol. The smallest absolute Gasteiger partial charge is 0.252 e. The minimum atomic E-state index is -0.302. The molecule has 0 atom stereocenters. The van der Waals surface area contributed by atoms with Gasteiger partial charge in [-0.2, -0.15) is 11.3 Å². The Hall–Kier alpha value is -2.51. The van der Waals surface area contributed by atoms with E-state index < -0.39 is 0 Å². The van der Waals surface area contributed by atoms with Gasteiger partial charge in [-0.05, 0) is 18.4 Å². The molecular formula is C17H15N3O2S2. The van der Waals surface area contributed by atoms with Gasteiger partial charge in [0.2, 0.25) is 5.91 Å². The average molecular weight is 357 g/mol. The molecule has 5 nitrogen and oxygen atoms in total. The highest BCUT2D eigenvalue weighted by molar-refractivity contribution is 7.14. The summed E-state index contributed by atoms with van der Waals surface area (Å²) in [7, 11) is 0. The zero-order valence-electron chi connectivity index (χ0n) is 12.9. The molecule has 0 saturated carbocycles. The number of aryl methyl sites for hydroxylation is 1. The van der Waals surface area contributed by atoms with Gasteiger partial charge in [0.15, 0.2) is 5.13 Å². The van der Waals surface area contributed by atoms with Crippen molar-refractivity contribution in [1.82, 2.24) is 10.3 Å². The van der Waals surface area contributed by atoms with E-state index in [0.717, 1.165) is 11.3 Å². The molecule has 0 bridgehead atoms. The maximum absolute atomic E-state index is 11.9. The lowest BCUT2D eigenvalue weighted by Gasteiger charge is -2.03. The third-order valence-corrected chi connectivity index (χ3v) is 4.73. The van der Waals surface area contributed by atoms with E-state index in [-0.39, 0.29) is 18.4 Å². The zero-order chi connectivity index (χ0) is 16.9. The quantitative estimate of drug-likeness (QED) is 0.733. The third kappa shape index (κ3) is 4.06. The molecule has 2 heterocycles. The van der Waals surface area contributed by atoms with E-state index in [1.807, 2.05) is 41.9 Å². The van der Waals surface area contributed by atoms with Gasteiger partial charge in [-0.1, -0.05) is 29.8 Å². The van der Waals surface area contributed by atoms with Crippen LogP contribution in [0, 0.1) is 6.92 Å². The summed E-state index contributed by atoms with van der Waals surface area (Å²) < 4.78 is 0. The number of carbonyl (C=O) groups excluding carboxylic acids is 2. The first-order valence-electron chi connectivity index (χ1n) is 7.24. The molecule has 3 rings (SSSR count). The number of thiazole rings is 1. The van der Waals surface area contributed by atoms with Crippen LogP contribution in [0.3, 0.4) is 0 Å². The van der Waals surface area contributed by atoms with E-state index in [1.54, 1.807) is 11.4 Å². The first kappa shape index (κ1) is 16.4. The summed E-state index contributed by atoms with van der Waals surface area (Å²) in [6, 6.07) is 9.75. The molecule has 24 heavy (non-hydrogen) atoms. The first-order chi connectivity index (χ1) is 11.6. The van der Waals surface area contributed by atoms with Crippen LogP contribution >= 0.6 is 22.7 Å². The van der Waals surface area contributed by atoms with Gasteiger partial charge < -0.3 is 10.6 Å². The molecular weight excluding hydrogens is 342 g/mol. The minimum Gasteiger partial charge on any atom is -0.343 e. The molecule has 0 spiro atoms. The van der Waals surface area contributed by atoms with Gasteiger partial charge in [0.25, 0.3) is 5.91 Å². The van der Waals surface area contributed by atoms with Crippen LogP contribution in [0.25, 0.3) is 11.3 Å². The van der Waals surface area contributed by atoms with E-state index in [0.29, 0.717) is 10.7 Å². The van der Waals surface area contributed by atoms with Gasteiger partial charge in [0, 0.05) is 21.9 Å². The Morgan fingerprint density at radius 3 is 2.62 bits per heavy atom. The predicted octanol–water partition coefficient (Wildman–Crippen LogP) is 3.55. The van der Waals surface area contributed by atoms with E-state index in [9.17, 15) is 9.59 Å². The summed E-state index contributed by atoms with van der Waals surface area (Å²) in [5.41, 5.74) is 3.56. The molecule has 0 aliphatic heterocycles. The number of nitrogens with zero attached hydrogens (tertiary/aromatic N) is 1. The summed E-state index contributed by atoms with van der Waals surface area (Å²) in [4.78, 5) is 28.1. The summed E-state index contributed by atoms with van der Waals surface area (Å²) in [5, 5.41) is 11.2. The fourth-order valence-electron chi connectivity index (χ4n) is 2.01. The number of nitrogens with one attached hydrogen (secondary N) is 2. The number of hydrogen-bond donors (Lipinski definition) is 2. The molecule has 0 aliphatic carbocycles. The number of hydrogen-bond acceptors (Lipinski definition) is 5. The van der Waals surface area contributed by atoms with Gasteiger partial charge >= 0.3 is 0 Å². The molecule has 2 aromatic heterocycles. The van der Waals surface area contributed by atoms with Crippen LogP contribution in [0.5, 0.6) is 0 Å². The fourth-order valence-corrected chi connectivity index (χ4v) is 3.38. The van der Waals surface area contributed by atoms with Gasteiger partial charge in [-0.25, -0.2) is 4.98 Å². The summed E-state index contributed by atoms with van der Waals surface area (Å²) in [5.74, 6) is -0.561. The average Bonchev–Trinajstić information content (AvgIpc) is 3.25. The lowest BCUT2D eigenvalue weighted by Crippen LogP contribution is -2.32. The van der Waals surface area contributed by atoms with E-state index in [1.165, 1.54) is 28.2 Å². The highest BCUT2D eigenvalue weighted by atomic mass is 32.1. The molecule has 2 N–H and O–H groups in total. The first-order valence-corrected chi connectivity index (χ1v) is 9.07. The van der Waals surface area contributed by atoms with Crippen LogP contribution < -0.4 is 10.6 Å². The van der Waals surface area contributed by atoms with Crippen molar-refractivity contribution in [2.45, 2.75) is 6.92 Å². The Labute approximate surface area is 147 Å². The molecule has 1 aromatic carbocycles. The molecule has 2 amide bonds. The van der Waals surface area contributed by atoms with E-state index in [2.05, 4.69) is 15.6 Å². The lowest BCUT2D eigenvalue weighted by atomic mass is 10.1. The lowest BCUT2D eigenvalue weighted by molar-refractivity contribution is -0.115. The van der Waals surface area contributed by atoms with Crippen molar-refractivity contribution in [2.75, 3.05) is 11.9 Å².